The van der Waals surface area contributed by atoms with Crippen LogP contribution in [-0.4, -0.2) is 36.0 Å². The number of carbonyl (C=O) groups is 2. The van der Waals surface area contributed by atoms with E-state index in [4.69, 9.17) is 4.74 Å². The first-order valence-electron chi connectivity index (χ1n) is 6.04. The number of phenols is 1. The van der Waals surface area contributed by atoms with E-state index in [9.17, 15) is 14.7 Å². The summed E-state index contributed by atoms with van der Waals surface area (Å²) in [7, 11) is 2.86. The molecule has 1 N–H and O–H groups in total. The summed E-state index contributed by atoms with van der Waals surface area (Å²) in [5.74, 6) is -0.822. The van der Waals surface area contributed by atoms with Gasteiger partial charge in [-0.25, -0.2) is 4.79 Å². The van der Waals surface area contributed by atoms with Gasteiger partial charge in [-0.15, -0.1) is 0 Å². The molecule has 0 saturated heterocycles. The fourth-order valence-corrected chi connectivity index (χ4v) is 2.06. The first kappa shape index (κ1) is 13.9. The second kappa shape index (κ2) is 5.21. The molecule has 0 saturated carbocycles. The van der Waals surface area contributed by atoms with Gasteiger partial charge in [0.2, 0.25) is 0 Å². The average Bonchev–Trinajstić information content (AvgIpc) is 2.65. The van der Waals surface area contributed by atoms with Gasteiger partial charge in [-0.3, -0.25) is 4.79 Å². The summed E-state index contributed by atoms with van der Waals surface area (Å²) in [6.45, 7) is 1.68. The Bertz CT molecular complexity index is 643. The van der Waals surface area contributed by atoms with Crippen LogP contribution in [0.1, 0.15) is 12.5 Å². The molecule has 5 nitrogen and oxygen atoms in total. The van der Waals surface area contributed by atoms with Gasteiger partial charge >= 0.3 is 5.97 Å². The van der Waals surface area contributed by atoms with Crippen LogP contribution in [0.15, 0.2) is 41.1 Å². The van der Waals surface area contributed by atoms with Crippen LogP contribution in [0.5, 0.6) is 5.75 Å². The monoisotopic (exact) mass is 273 g/mol. The van der Waals surface area contributed by atoms with Crippen molar-refractivity contribution in [1.82, 2.24) is 4.90 Å². The number of esters is 1. The number of ether oxygens (including phenoxy) is 1. The maximum Gasteiger partial charge on any atom is 0.340 e. The van der Waals surface area contributed by atoms with Crippen molar-refractivity contribution in [1.29, 1.82) is 0 Å². The highest BCUT2D eigenvalue weighted by Crippen LogP contribution is 2.31. The molecule has 20 heavy (non-hydrogen) atoms. The predicted molar refractivity (Wildman–Crippen MR) is 73.6 cm³/mol. The number of hydrogen-bond acceptors (Lipinski definition) is 4. The van der Waals surface area contributed by atoms with E-state index < -0.39 is 5.97 Å². The largest absolute Gasteiger partial charge is 0.507 e. The van der Waals surface area contributed by atoms with Crippen LogP contribution < -0.4 is 0 Å². The minimum atomic E-state index is -0.568. The number of aromatic hydroxyl groups is 1. The van der Waals surface area contributed by atoms with Crippen LogP contribution >= 0.6 is 0 Å². The fraction of sp³-hybridized carbons (Fsp3) is 0.200. The number of methoxy groups -OCH3 is 1. The standard InChI is InChI=1S/C15H15NO4/c1-9-13(15(19)20-3)11(14(18)16(9)2)8-10-6-4-5-7-12(10)17/h4-8,17H,1-3H3. The Morgan fingerprint density at radius 1 is 1.35 bits per heavy atom. The summed E-state index contributed by atoms with van der Waals surface area (Å²) in [5, 5.41) is 9.77. The molecule has 0 aliphatic carbocycles. The lowest BCUT2D eigenvalue weighted by atomic mass is 10.0. The van der Waals surface area contributed by atoms with E-state index in [1.165, 1.54) is 24.2 Å². The van der Waals surface area contributed by atoms with E-state index in [1.54, 1.807) is 32.2 Å². The first-order chi connectivity index (χ1) is 9.47. The lowest BCUT2D eigenvalue weighted by Gasteiger charge is -2.08. The topological polar surface area (TPSA) is 66.8 Å². The predicted octanol–water partition coefficient (Wildman–Crippen LogP) is 1.69. The van der Waals surface area contributed by atoms with Crippen molar-refractivity contribution in [2.75, 3.05) is 14.2 Å². The lowest BCUT2D eigenvalue weighted by Crippen LogP contribution is -2.19. The van der Waals surface area contributed by atoms with E-state index in [1.807, 2.05) is 0 Å². The molecule has 2 rings (SSSR count). The molecule has 1 heterocycles. The van der Waals surface area contributed by atoms with Gasteiger partial charge in [-0.05, 0) is 19.1 Å². The molecule has 1 aromatic rings. The number of hydrogen-bond donors (Lipinski definition) is 1. The SMILES string of the molecule is COC(=O)C1=C(C)N(C)C(=O)C1=Cc1ccccc1O. The van der Waals surface area contributed by atoms with Crippen molar-refractivity contribution in [3.05, 3.63) is 46.7 Å². The Morgan fingerprint density at radius 3 is 2.60 bits per heavy atom. The molecule has 1 aromatic carbocycles. The number of phenolic OH excluding ortho intramolecular Hbond substituents is 1. The minimum Gasteiger partial charge on any atom is -0.507 e. The minimum absolute atomic E-state index is 0.0456. The molecule has 5 heteroatoms. The third-order valence-electron chi connectivity index (χ3n) is 3.30. The summed E-state index contributed by atoms with van der Waals surface area (Å²) < 4.78 is 4.72. The number of likely N-dealkylation sites (N-methyl/N-ethyl adjacent to an activating group) is 1. The van der Waals surface area contributed by atoms with E-state index in [0.29, 0.717) is 11.3 Å². The molecule has 1 aliphatic rings. The third-order valence-corrected chi connectivity index (χ3v) is 3.30. The smallest absolute Gasteiger partial charge is 0.340 e. The van der Waals surface area contributed by atoms with E-state index in [0.717, 1.165) is 0 Å². The van der Waals surface area contributed by atoms with Crippen molar-refractivity contribution in [2.45, 2.75) is 6.92 Å². The molecule has 0 aromatic heterocycles. The van der Waals surface area contributed by atoms with E-state index >= 15 is 0 Å². The molecule has 0 radical (unpaired) electrons. The molecule has 0 bridgehead atoms. The van der Waals surface area contributed by atoms with E-state index in [-0.39, 0.29) is 22.8 Å². The molecule has 0 atom stereocenters. The Labute approximate surface area is 116 Å². The molecule has 104 valence electrons. The number of benzene rings is 1. The number of rotatable bonds is 2. The number of nitrogens with zero attached hydrogens (tertiary/aromatic N) is 1. The summed E-state index contributed by atoms with van der Waals surface area (Å²) in [4.78, 5) is 25.4. The molecule has 0 fully saturated rings. The maximum atomic E-state index is 12.2. The Hall–Kier alpha value is -2.56. The van der Waals surface area contributed by atoms with E-state index in [2.05, 4.69) is 0 Å². The van der Waals surface area contributed by atoms with Gasteiger partial charge in [0, 0.05) is 18.3 Å². The fourth-order valence-electron chi connectivity index (χ4n) is 2.06. The highest BCUT2D eigenvalue weighted by atomic mass is 16.5. The average molecular weight is 273 g/mol. The summed E-state index contributed by atoms with van der Waals surface area (Å²) >= 11 is 0. The number of allylic oxidation sites excluding steroid dienone is 1. The van der Waals surface area contributed by atoms with Crippen molar-refractivity contribution in [2.24, 2.45) is 0 Å². The number of amides is 1. The molecule has 1 amide bonds. The Morgan fingerprint density at radius 2 is 2.00 bits per heavy atom. The van der Waals surface area contributed by atoms with Gasteiger partial charge in [0.05, 0.1) is 18.3 Å². The Kier molecular flexibility index (Phi) is 3.61. The second-order valence-corrected chi connectivity index (χ2v) is 4.43. The molecule has 1 aliphatic heterocycles. The van der Waals surface area contributed by atoms with Gasteiger partial charge < -0.3 is 14.7 Å². The van der Waals surface area contributed by atoms with Gasteiger partial charge in [0.15, 0.2) is 0 Å². The van der Waals surface area contributed by atoms with Crippen LogP contribution in [0.25, 0.3) is 6.08 Å². The summed E-state index contributed by atoms with van der Waals surface area (Å²) in [6, 6.07) is 6.61. The quantitative estimate of drug-likeness (QED) is 0.658. The zero-order chi connectivity index (χ0) is 14.9. The Balaban J connectivity index is 2.57. The van der Waals surface area contributed by atoms with Gasteiger partial charge in [-0.1, -0.05) is 18.2 Å². The van der Waals surface area contributed by atoms with Crippen LogP contribution in [0.4, 0.5) is 0 Å². The zero-order valence-electron chi connectivity index (χ0n) is 11.5. The summed E-state index contributed by atoms with van der Waals surface area (Å²) in [6.07, 6.45) is 1.50. The van der Waals surface area contributed by atoms with Crippen molar-refractivity contribution in [3.63, 3.8) is 0 Å². The van der Waals surface area contributed by atoms with Crippen LogP contribution in [0, 0.1) is 0 Å². The highest BCUT2D eigenvalue weighted by molar-refractivity contribution is 6.16. The van der Waals surface area contributed by atoms with Crippen LogP contribution in [0.2, 0.25) is 0 Å². The second-order valence-electron chi connectivity index (χ2n) is 4.43. The van der Waals surface area contributed by atoms with Crippen LogP contribution in [-0.2, 0) is 14.3 Å². The normalized spacial score (nSPS) is 17.1. The zero-order valence-corrected chi connectivity index (χ0v) is 11.5. The lowest BCUT2D eigenvalue weighted by molar-refractivity contribution is -0.136. The van der Waals surface area contributed by atoms with Gasteiger partial charge in [0.1, 0.15) is 5.75 Å². The third kappa shape index (κ3) is 2.18. The number of carbonyl (C=O) groups excluding carboxylic acids is 2. The van der Waals surface area contributed by atoms with Crippen molar-refractivity contribution >= 4 is 18.0 Å². The maximum absolute atomic E-state index is 12.2. The molecular formula is C15H15NO4. The first-order valence-corrected chi connectivity index (χ1v) is 6.04. The molecular weight excluding hydrogens is 258 g/mol. The molecule has 0 spiro atoms. The number of para-hydroxylation sites is 1. The van der Waals surface area contributed by atoms with Gasteiger partial charge in [0.25, 0.3) is 5.91 Å². The van der Waals surface area contributed by atoms with Gasteiger partial charge in [-0.2, -0.15) is 0 Å². The summed E-state index contributed by atoms with van der Waals surface area (Å²) in [5.41, 5.74) is 1.45. The van der Waals surface area contributed by atoms with Crippen molar-refractivity contribution < 1.29 is 19.4 Å². The van der Waals surface area contributed by atoms with Crippen molar-refractivity contribution in [3.8, 4) is 5.75 Å². The molecule has 0 unspecified atom stereocenters. The van der Waals surface area contributed by atoms with Crippen LogP contribution in [0.3, 0.4) is 0 Å². The highest BCUT2D eigenvalue weighted by Gasteiger charge is 2.34.